The van der Waals surface area contributed by atoms with Gasteiger partial charge in [0.1, 0.15) is 12.1 Å². The SMILES string of the molecule is CC(C)(CCO)CNc1ncnc2c1cnn2-c1ccncc1. The van der Waals surface area contributed by atoms with Crippen LogP contribution in [-0.4, -0.2) is 43.0 Å². The molecule has 3 aromatic heterocycles. The first kappa shape index (κ1) is 15.4. The lowest BCUT2D eigenvalue weighted by atomic mass is 9.90. The van der Waals surface area contributed by atoms with Gasteiger partial charge in [-0.3, -0.25) is 4.98 Å². The summed E-state index contributed by atoms with van der Waals surface area (Å²) in [5, 5.41) is 17.8. The monoisotopic (exact) mass is 312 g/mol. The van der Waals surface area contributed by atoms with Gasteiger partial charge in [-0.15, -0.1) is 0 Å². The Morgan fingerprint density at radius 3 is 2.74 bits per heavy atom. The van der Waals surface area contributed by atoms with Crippen molar-refractivity contribution in [1.29, 1.82) is 0 Å². The molecule has 3 heterocycles. The van der Waals surface area contributed by atoms with Crippen LogP contribution in [0.15, 0.2) is 37.1 Å². The number of hydrogen-bond donors (Lipinski definition) is 2. The molecular formula is C16H20N6O. The Morgan fingerprint density at radius 2 is 2.00 bits per heavy atom. The maximum atomic E-state index is 9.13. The van der Waals surface area contributed by atoms with E-state index < -0.39 is 0 Å². The summed E-state index contributed by atoms with van der Waals surface area (Å²) in [6.07, 6.45) is 7.46. The lowest BCUT2D eigenvalue weighted by Gasteiger charge is -2.24. The Morgan fingerprint density at radius 1 is 1.22 bits per heavy atom. The molecule has 2 N–H and O–H groups in total. The molecule has 0 aliphatic carbocycles. The molecule has 0 fully saturated rings. The van der Waals surface area contributed by atoms with Crippen LogP contribution in [0.2, 0.25) is 0 Å². The van der Waals surface area contributed by atoms with E-state index in [0.717, 1.165) is 29.0 Å². The summed E-state index contributed by atoms with van der Waals surface area (Å²) >= 11 is 0. The zero-order chi connectivity index (χ0) is 16.3. The number of aliphatic hydroxyl groups excluding tert-OH is 1. The molecule has 0 amide bonds. The fourth-order valence-corrected chi connectivity index (χ4v) is 2.37. The van der Waals surface area contributed by atoms with E-state index in [1.807, 2.05) is 12.1 Å². The third-order valence-corrected chi connectivity index (χ3v) is 3.80. The van der Waals surface area contributed by atoms with Crippen LogP contribution in [-0.2, 0) is 0 Å². The van der Waals surface area contributed by atoms with E-state index in [2.05, 4.69) is 39.2 Å². The molecule has 0 spiro atoms. The topological polar surface area (TPSA) is 88.8 Å². The fourth-order valence-electron chi connectivity index (χ4n) is 2.37. The molecule has 7 heteroatoms. The highest BCUT2D eigenvalue weighted by atomic mass is 16.3. The minimum absolute atomic E-state index is 0.0207. The first-order valence-corrected chi connectivity index (χ1v) is 7.55. The second-order valence-electron chi connectivity index (χ2n) is 6.21. The first-order valence-electron chi connectivity index (χ1n) is 7.55. The zero-order valence-electron chi connectivity index (χ0n) is 13.3. The van der Waals surface area contributed by atoms with Gasteiger partial charge in [-0.25, -0.2) is 14.6 Å². The largest absolute Gasteiger partial charge is 0.396 e. The van der Waals surface area contributed by atoms with Gasteiger partial charge in [0, 0.05) is 25.5 Å². The molecule has 0 saturated heterocycles. The minimum Gasteiger partial charge on any atom is -0.396 e. The van der Waals surface area contributed by atoms with Crippen LogP contribution in [0, 0.1) is 5.41 Å². The number of nitrogens with one attached hydrogen (secondary N) is 1. The highest BCUT2D eigenvalue weighted by Crippen LogP contribution is 2.24. The lowest BCUT2D eigenvalue weighted by Crippen LogP contribution is -2.24. The highest BCUT2D eigenvalue weighted by molar-refractivity contribution is 5.87. The van der Waals surface area contributed by atoms with E-state index in [9.17, 15) is 0 Å². The molecule has 0 saturated carbocycles. The van der Waals surface area contributed by atoms with Gasteiger partial charge < -0.3 is 10.4 Å². The van der Waals surface area contributed by atoms with Crippen molar-refractivity contribution in [1.82, 2.24) is 24.7 Å². The van der Waals surface area contributed by atoms with Crippen molar-refractivity contribution in [2.24, 2.45) is 5.41 Å². The van der Waals surface area contributed by atoms with Crippen molar-refractivity contribution in [3.05, 3.63) is 37.1 Å². The summed E-state index contributed by atoms with van der Waals surface area (Å²) in [6.45, 7) is 5.10. The van der Waals surface area contributed by atoms with Crippen molar-refractivity contribution < 1.29 is 5.11 Å². The number of hydrogen-bond acceptors (Lipinski definition) is 6. The molecule has 0 aliphatic rings. The van der Waals surface area contributed by atoms with Gasteiger partial charge in [0.2, 0.25) is 0 Å². The van der Waals surface area contributed by atoms with Gasteiger partial charge in [0.15, 0.2) is 5.65 Å². The maximum absolute atomic E-state index is 9.13. The van der Waals surface area contributed by atoms with Crippen LogP contribution in [0.3, 0.4) is 0 Å². The highest BCUT2D eigenvalue weighted by Gasteiger charge is 2.18. The molecule has 0 aromatic carbocycles. The third-order valence-electron chi connectivity index (χ3n) is 3.80. The number of rotatable bonds is 6. The number of fused-ring (bicyclic) bond motifs is 1. The lowest BCUT2D eigenvalue weighted by molar-refractivity contribution is 0.220. The quantitative estimate of drug-likeness (QED) is 0.724. The van der Waals surface area contributed by atoms with Crippen molar-refractivity contribution in [3.63, 3.8) is 0 Å². The van der Waals surface area contributed by atoms with Gasteiger partial charge in [0.25, 0.3) is 0 Å². The van der Waals surface area contributed by atoms with Crippen LogP contribution in [0.5, 0.6) is 0 Å². The molecule has 3 aromatic rings. The number of anilines is 1. The van der Waals surface area contributed by atoms with Crippen molar-refractivity contribution >= 4 is 16.9 Å². The fraction of sp³-hybridized carbons (Fsp3) is 0.375. The predicted octanol–water partition coefficient (Wildman–Crippen LogP) is 2.03. The van der Waals surface area contributed by atoms with Gasteiger partial charge in [-0.2, -0.15) is 5.10 Å². The van der Waals surface area contributed by atoms with E-state index in [1.165, 1.54) is 6.33 Å². The molecule has 0 aliphatic heterocycles. The van der Waals surface area contributed by atoms with E-state index in [4.69, 9.17) is 5.11 Å². The van der Waals surface area contributed by atoms with Crippen LogP contribution in [0.25, 0.3) is 16.7 Å². The molecule has 0 bridgehead atoms. The number of aromatic nitrogens is 5. The average molecular weight is 312 g/mol. The second kappa shape index (κ2) is 6.29. The summed E-state index contributed by atoms with van der Waals surface area (Å²) in [5.41, 5.74) is 1.63. The Balaban J connectivity index is 1.90. The average Bonchev–Trinajstić information content (AvgIpc) is 2.98. The predicted molar refractivity (Wildman–Crippen MR) is 88.4 cm³/mol. The Kier molecular flexibility index (Phi) is 4.20. The van der Waals surface area contributed by atoms with E-state index in [-0.39, 0.29) is 12.0 Å². The molecule has 7 nitrogen and oxygen atoms in total. The van der Waals surface area contributed by atoms with Gasteiger partial charge in [-0.05, 0) is 24.0 Å². The van der Waals surface area contributed by atoms with Crippen molar-refractivity contribution in [2.45, 2.75) is 20.3 Å². The summed E-state index contributed by atoms with van der Waals surface area (Å²) < 4.78 is 1.77. The Hall–Kier alpha value is -2.54. The van der Waals surface area contributed by atoms with Gasteiger partial charge >= 0.3 is 0 Å². The Bertz CT molecular complexity index is 784. The normalized spacial score (nSPS) is 11.8. The number of nitrogens with zero attached hydrogens (tertiary/aromatic N) is 5. The minimum atomic E-state index is -0.0207. The molecule has 3 rings (SSSR count). The maximum Gasteiger partial charge on any atom is 0.168 e. The van der Waals surface area contributed by atoms with E-state index >= 15 is 0 Å². The first-order chi connectivity index (χ1) is 11.1. The number of aliphatic hydroxyl groups is 1. The summed E-state index contributed by atoms with van der Waals surface area (Å²) in [5.74, 6) is 0.751. The standard InChI is InChI=1S/C16H20N6O/c1-16(2,5-8-23)10-18-14-13-9-21-22(15(13)20-11-19-14)12-3-6-17-7-4-12/h3-4,6-7,9,11,23H,5,8,10H2,1-2H3,(H,18,19,20). The summed E-state index contributed by atoms with van der Waals surface area (Å²) in [7, 11) is 0. The van der Waals surface area contributed by atoms with E-state index in [0.29, 0.717) is 6.54 Å². The van der Waals surface area contributed by atoms with Crippen molar-refractivity contribution in [3.8, 4) is 5.69 Å². The van der Waals surface area contributed by atoms with Gasteiger partial charge in [0.05, 0.1) is 17.3 Å². The van der Waals surface area contributed by atoms with Crippen LogP contribution < -0.4 is 5.32 Å². The zero-order valence-corrected chi connectivity index (χ0v) is 13.3. The second-order valence-corrected chi connectivity index (χ2v) is 6.21. The summed E-state index contributed by atoms with van der Waals surface area (Å²) in [6, 6.07) is 3.76. The summed E-state index contributed by atoms with van der Waals surface area (Å²) in [4.78, 5) is 12.7. The van der Waals surface area contributed by atoms with Crippen molar-refractivity contribution in [2.75, 3.05) is 18.5 Å². The number of pyridine rings is 1. The molecule has 0 atom stereocenters. The van der Waals surface area contributed by atoms with Crippen LogP contribution >= 0.6 is 0 Å². The molecule has 0 unspecified atom stereocenters. The molecule has 23 heavy (non-hydrogen) atoms. The third kappa shape index (κ3) is 3.29. The van der Waals surface area contributed by atoms with Crippen LogP contribution in [0.4, 0.5) is 5.82 Å². The smallest absolute Gasteiger partial charge is 0.168 e. The van der Waals surface area contributed by atoms with E-state index in [1.54, 1.807) is 23.3 Å². The molecule has 120 valence electrons. The molecular weight excluding hydrogens is 292 g/mol. The molecule has 0 radical (unpaired) electrons. The van der Waals surface area contributed by atoms with Crippen LogP contribution in [0.1, 0.15) is 20.3 Å². The Labute approximate surface area is 134 Å². The van der Waals surface area contributed by atoms with Gasteiger partial charge in [-0.1, -0.05) is 13.8 Å².